The molecule has 0 aromatic carbocycles. The second-order valence-electron chi connectivity index (χ2n) is 3.65. The zero-order valence-electron chi connectivity index (χ0n) is 10.3. The van der Waals surface area contributed by atoms with E-state index in [0.717, 1.165) is 0 Å². The quantitative estimate of drug-likeness (QED) is 0.805. The summed E-state index contributed by atoms with van der Waals surface area (Å²) in [6.45, 7) is 1.67. The molecule has 0 aliphatic heterocycles. The smallest absolute Gasteiger partial charge is 0.235 e. The van der Waals surface area contributed by atoms with Crippen LogP contribution in [-0.2, 0) is 14.8 Å². The minimum Gasteiger partial charge on any atom is -0.481 e. The Kier molecular flexibility index (Phi) is 5.18. The van der Waals surface area contributed by atoms with Crippen molar-refractivity contribution in [1.82, 2.24) is 4.98 Å². The first-order valence-electron chi connectivity index (χ1n) is 5.11. The van der Waals surface area contributed by atoms with Gasteiger partial charge in [-0.05, 0) is 13.0 Å². The largest absolute Gasteiger partial charge is 0.481 e. The van der Waals surface area contributed by atoms with Gasteiger partial charge < -0.3 is 9.47 Å². The molecule has 0 spiro atoms. The van der Waals surface area contributed by atoms with E-state index in [9.17, 15) is 8.42 Å². The maximum atomic E-state index is 11.8. The van der Waals surface area contributed by atoms with E-state index in [1.165, 1.54) is 26.4 Å². The summed E-state index contributed by atoms with van der Waals surface area (Å²) in [4.78, 5) is 3.84. The van der Waals surface area contributed by atoms with E-state index in [2.05, 4.69) is 9.71 Å². The van der Waals surface area contributed by atoms with Crippen LogP contribution in [0.25, 0.3) is 0 Å². The van der Waals surface area contributed by atoms with Crippen LogP contribution in [0.5, 0.6) is 5.88 Å². The van der Waals surface area contributed by atoms with Gasteiger partial charge in [-0.3, -0.25) is 4.72 Å². The normalized spacial score (nSPS) is 13.1. The van der Waals surface area contributed by atoms with E-state index >= 15 is 0 Å². The predicted octanol–water partition coefficient (Wildman–Crippen LogP) is 1.52. The summed E-state index contributed by atoms with van der Waals surface area (Å²) in [6.07, 6.45) is -0.401. The molecule has 8 heteroatoms. The molecule has 0 aliphatic carbocycles. The van der Waals surface area contributed by atoms with Crippen LogP contribution < -0.4 is 9.46 Å². The van der Waals surface area contributed by atoms with Gasteiger partial charge >= 0.3 is 0 Å². The van der Waals surface area contributed by atoms with Crippen molar-refractivity contribution >= 4 is 27.3 Å². The van der Waals surface area contributed by atoms with Crippen LogP contribution in [0.3, 0.4) is 0 Å². The molecule has 0 fully saturated rings. The van der Waals surface area contributed by atoms with Gasteiger partial charge in [-0.1, -0.05) is 11.6 Å². The number of halogens is 1. The molecule has 0 bridgehead atoms. The van der Waals surface area contributed by atoms with Crippen molar-refractivity contribution in [3.05, 3.63) is 17.3 Å². The first-order chi connectivity index (χ1) is 8.36. The summed E-state index contributed by atoms with van der Waals surface area (Å²) in [5, 5.41) is 0.145. The Hall–Kier alpha value is -1.05. The fourth-order valence-electron chi connectivity index (χ4n) is 1.23. The molecule has 0 amide bonds. The third-order valence-corrected chi connectivity index (χ3v) is 3.76. The van der Waals surface area contributed by atoms with Gasteiger partial charge in [0.05, 0.1) is 24.7 Å². The van der Waals surface area contributed by atoms with Crippen molar-refractivity contribution < 1.29 is 17.9 Å². The molecular weight excluding hydrogens is 280 g/mol. The Morgan fingerprint density at radius 3 is 2.67 bits per heavy atom. The number of rotatable bonds is 6. The van der Waals surface area contributed by atoms with E-state index in [-0.39, 0.29) is 16.8 Å². The first kappa shape index (κ1) is 15.0. The van der Waals surface area contributed by atoms with E-state index in [4.69, 9.17) is 21.1 Å². The fraction of sp³-hybridized carbons (Fsp3) is 0.500. The summed E-state index contributed by atoms with van der Waals surface area (Å²) in [6, 6.07) is 2.85. The van der Waals surface area contributed by atoms with Gasteiger partial charge in [-0.25, -0.2) is 13.4 Å². The molecule has 6 nitrogen and oxygen atoms in total. The van der Waals surface area contributed by atoms with E-state index in [1.807, 2.05) is 0 Å². The minimum atomic E-state index is -3.50. The number of aromatic nitrogens is 1. The zero-order chi connectivity index (χ0) is 13.8. The highest BCUT2D eigenvalue weighted by Gasteiger charge is 2.16. The van der Waals surface area contributed by atoms with Crippen molar-refractivity contribution in [2.45, 2.75) is 13.0 Å². The van der Waals surface area contributed by atoms with Crippen LogP contribution in [0, 0.1) is 0 Å². The number of nitrogens with zero attached hydrogens (tertiary/aromatic N) is 1. The van der Waals surface area contributed by atoms with Crippen LogP contribution in [-0.4, -0.2) is 39.5 Å². The van der Waals surface area contributed by atoms with E-state index in [0.29, 0.717) is 5.69 Å². The Bertz CT molecular complexity index is 507. The molecule has 1 rings (SSSR count). The first-order valence-corrected chi connectivity index (χ1v) is 7.14. The average Bonchev–Trinajstić information content (AvgIpc) is 2.26. The number of hydrogen-bond donors (Lipinski definition) is 1. The lowest BCUT2D eigenvalue weighted by atomic mass is 10.4. The van der Waals surface area contributed by atoms with Crippen molar-refractivity contribution in [3.63, 3.8) is 0 Å². The van der Waals surface area contributed by atoms with Gasteiger partial charge in [0, 0.05) is 13.2 Å². The molecule has 1 atom stereocenters. The molecule has 0 saturated carbocycles. The lowest BCUT2D eigenvalue weighted by molar-refractivity contribution is 0.136. The molecule has 1 heterocycles. The molecule has 0 aliphatic rings. The number of pyridine rings is 1. The van der Waals surface area contributed by atoms with Crippen LogP contribution >= 0.6 is 11.6 Å². The number of nitrogens with one attached hydrogen (secondary N) is 1. The molecule has 0 saturated heterocycles. The van der Waals surface area contributed by atoms with Gasteiger partial charge in [-0.15, -0.1) is 0 Å². The Morgan fingerprint density at radius 2 is 2.11 bits per heavy atom. The molecule has 1 N–H and O–H groups in total. The summed E-state index contributed by atoms with van der Waals surface area (Å²) in [5.41, 5.74) is 0.301. The molecule has 1 aromatic heterocycles. The highest BCUT2D eigenvalue weighted by atomic mass is 35.5. The van der Waals surface area contributed by atoms with Crippen LogP contribution in [0.15, 0.2) is 12.1 Å². The summed E-state index contributed by atoms with van der Waals surface area (Å²) in [5.74, 6) is 0.0890. The zero-order valence-corrected chi connectivity index (χ0v) is 11.9. The minimum absolute atomic E-state index is 0.145. The molecule has 1 aromatic rings. The van der Waals surface area contributed by atoms with Crippen molar-refractivity contribution in [3.8, 4) is 5.88 Å². The maximum Gasteiger partial charge on any atom is 0.235 e. The third-order valence-electron chi connectivity index (χ3n) is 2.11. The maximum absolute atomic E-state index is 11.8. The Balaban J connectivity index is 2.87. The van der Waals surface area contributed by atoms with Gasteiger partial charge in [0.1, 0.15) is 5.15 Å². The number of anilines is 1. The monoisotopic (exact) mass is 294 g/mol. The van der Waals surface area contributed by atoms with Gasteiger partial charge in [0.15, 0.2) is 0 Å². The predicted molar refractivity (Wildman–Crippen MR) is 69.7 cm³/mol. The average molecular weight is 295 g/mol. The van der Waals surface area contributed by atoms with Crippen molar-refractivity contribution in [2.24, 2.45) is 0 Å². The summed E-state index contributed by atoms with van der Waals surface area (Å²) in [7, 11) is -0.633. The standard InChI is InChI=1S/C10H15ClN2O4S/c1-7(16-2)6-18(14,15)13-8-4-9(11)12-10(5-8)17-3/h4-5,7H,6H2,1-3H3,(H,12,13). The van der Waals surface area contributed by atoms with Crippen molar-refractivity contribution in [1.29, 1.82) is 0 Å². The van der Waals surface area contributed by atoms with Crippen LogP contribution in [0.1, 0.15) is 6.92 Å². The van der Waals surface area contributed by atoms with Crippen LogP contribution in [0.4, 0.5) is 5.69 Å². The lowest BCUT2D eigenvalue weighted by Gasteiger charge is -2.12. The van der Waals surface area contributed by atoms with E-state index < -0.39 is 16.1 Å². The number of ether oxygens (including phenoxy) is 2. The number of methoxy groups -OCH3 is 2. The lowest BCUT2D eigenvalue weighted by Crippen LogP contribution is -2.25. The summed E-state index contributed by atoms with van der Waals surface area (Å²) < 4.78 is 35.8. The molecule has 18 heavy (non-hydrogen) atoms. The Morgan fingerprint density at radius 1 is 1.44 bits per heavy atom. The second-order valence-corrected chi connectivity index (χ2v) is 5.80. The SMILES string of the molecule is COc1cc(NS(=O)(=O)CC(C)OC)cc(Cl)n1. The Labute approximate surface area is 111 Å². The van der Waals surface area contributed by atoms with Gasteiger partial charge in [0.2, 0.25) is 15.9 Å². The van der Waals surface area contributed by atoms with E-state index in [1.54, 1.807) is 6.92 Å². The molecular formula is C10H15ClN2O4S. The molecule has 1 unspecified atom stereocenters. The number of hydrogen-bond acceptors (Lipinski definition) is 5. The molecule has 102 valence electrons. The third kappa shape index (κ3) is 4.67. The topological polar surface area (TPSA) is 77.5 Å². The number of sulfonamides is 1. The van der Waals surface area contributed by atoms with Gasteiger partial charge in [0.25, 0.3) is 0 Å². The van der Waals surface area contributed by atoms with Crippen LogP contribution in [0.2, 0.25) is 5.15 Å². The van der Waals surface area contributed by atoms with Crippen molar-refractivity contribution in [2.75, 3.05) is 24.7 Å². The van der Waals surface area contributed by atoms with Gasteiger partial charge in [-0.2, -0.15) is 0 Å². The highest BCUT2D eigenvalue weighted by Crippen LogP contribution is 2.21. The summed E-state index contributed by atoms with van der Waals surface area (Å²) >= 11 is 5.74. The molecule has 0 radical (unpaired) electrons. The second kappa shape index (κ2) is 6.21. The highest BCUT2D eigenvalue weighted by molar-refractivity contribution is 7.92. The fourth-order valence-corrected chi connectivity index (χ4v) is 2.75.